The van der Waals surface area contributed by atoms with Crippen LogP contribution in [-0.4, -0.2) is 282 Å². The fraction of sp³-hybridized carbons (Fsp3) is 0.879. The number of aliphatic hydroxyl groups excluding tert-OH is 1. The third kappa shape index (κ3) is 15.0. The Kier molecular flexibility index (Phi) is 27.0. The van der Waals surface area contributed by atoms with Crippen molar-refractivity contribution < 1.29 is 119 Å². The highest BCUT2D eigenvalue weighted by molar-refractivity contribution is 5.89. The number of nitrogens with zero attached hydrogens (tertiary/aromatic N) is 3. The molecule has 86 heavy (non-hydrogen) atoms. The molecule has 6 fully saturated rings. The Morgan fingerprint density at radius 2 is 1.02 bits per heavy atom. The minimum absolute atomic E-state index is 0.0140. The Hall–Kier alpha value is -2.92. The molecule has 2 bridgehead atoms. The number of carbonyl (C=O) groups excluding carboxylic acids is 1. The van der Waals surface area contributed by atoms with E-state index < -0.39 is 170 Å². The first-order valence-electron chi connectivity index (χ1n) is 29.3. The van der Waals surface area contributed by atoms with Gasteiger partial charge in [0.2, 0.25) is 0 Å². The fourth-order valence-corrected chi connectivity index (χ4v) is 13.6. The molecule has 6 aliphatic rings. The molecule has 27 atom stereocenters. The minimum Gasteiger partial charge on any atom is -0.459 e. The zero-order chi connectivity index (χ0) is 62.5. The fourth-order valence-electron chi connectivity index (χ4n) is 13.6. The first-order chi connectivity index (χ1) is 41.5. The Morgan fingerprint density at radius 3 is 1.50 bits per heavy atom. The molecule has 0 spiro atoms. The van der Waals surface area contributed by atoms with E-state index in [2.05, 4.69) is 10.0 Å². The Morgan fingerprint density at radius 1 is 0.558 bits per heavy atom. The average Bonchev–Trinajstić information content (AvgIpc) is 1.33. The highest BCUT2D eigenvalue weighted by Crippen LogP contribution is 2.48. The van der Waals surface area contributed by atoms with Crippen molar-refractivity contribution in [1.82, 2.24) is 0 Å². The molecule has 6 aliphatic heterocycles. The van der Waals surface area contributed by atoms with Gasteiger partial charge in [-0.1, -0.05) is 43.6 Å². The molecular weight excluding hydrogens is 1140 g/mol. The van der Waals surface area contributed by atoms with Crippen molar-refractivity contribution in [1.29, 1.82) is 0 Å². The number of esters is 1. The van der Waals surface area contributed by atoms with Crippen LogP contribution in [0.15, 0.2) is 35.4 Å². The molecule has 1 aromatic carbocycles. The molecule has 0 aliphatic carbocycles. The molecule has 0 saturated carbocycles. The topological polar surface area (TPSA) is 298 Å². The van der Waals surface area contributed by atoms with Gasteiger partial charge in [-0.2, -0.15) is 0 Å². The van der Waals surface area contributed by atoms with Crippen LogP contribution in [0.4, 0.5) is 0 Å². The Labute approximate surface area is 504 Å². The number of carbonyl (C=O) groups is 1. The second kappa shape index (κ2) is 32.9. The zero-order valence-electron chi connectivity index (χ0n) is 52.6. The van der Waals surface area contributed by atoms with Crippen molar-refractivity contribution in [3.05, 3.63) is 46.3 Å². The van der Waals surface area contributed by atoms with Crippen molar-refractivity contribution in [2.24, 2.45) is 17.0 Å². The van der Waals surface area contributed by atoms with Crippen LogP contribution in [0.5, 0.6) is 0 Å². The van der Waals surface area contributed by atoms with Gasteiger partial charge in [0.15, 0.2) is 31.5 Å². The number of methoxy groups -OCH3 is 12. The number of hydrogen-bond acceptors (Lipinski definition) is 26. The van der Waals surface area contributed by atoms with Crippen LogP contribution in [0.1, 0.15) is 57.3 Å². The number of ether oxygens (including phenoxy) is 23. The first kappa shape index (κ1) is 70.5. The van der Waals surface area contributed by atoms with Crippen LogP contribution in [0.3, 0.4) is 0 Å². The summed E-state index contributed by atoms with van der Waals surface area (Å²) in [6.07, 6.45) is -19.0. The van der Waals surface area contributed by atoms with E-state index in [0.717, 1.165) is 0 Å². The maximum Gasteiger partial charge on any atom is 0.338 e. The normalized spacial score (nSPS) is 40.5. The maximum atomic E-state index is 13.0. The van der Waals surface area contributed by atoms with Gasteiger partial charge in [-0.25, -0.2) is 4.79 Å². The van der Waals surface area contributed by atoms with Crippen molar-refractivity contribution in [3.8, 4) is 0 Å². The van der Waals surface area contributed by atoms with E-state index >= 15 is 0 Å². The molecule has 0 radical (unpaired) electrons. The largest absolute Gasteiger partial charge is 0.459 e. The molecule has 28 nitrogen and oxygen atoms in total. The number of hydrogen-bond donors (Lipinski definition) is 1. The molecule has 0 aromatic heterocycles. The second-order valence-electron chi connectivity index (χ2n) is 22.6. The second-order valence-corrected chi connectivity index (χ2v) is 22.6. The summed E-state index contributed by atoms with van der Waals surface area (Å²) in [5.41, 5.74) is 7.67. The van der Waals surface area contributed by atoms with Gasteiger partial charge >= 0.3 is 5.97 Å². The average molecular weight is 1230 g/mol. The highest BCUT2D eigenvalue weighted by atomic mass is 16.8. The number of rotatable bonds is 32. The molecule has 1 aromatic rings. The molecule has 6 saturated heterocycles. The number of azide groups is 1. The highest BCUT2D eigenvalue weighted by Gasteiger charge is 2.62. The zero-order valence-corrected chi connectivity index (χ0v) is 52.6. The van der Waals surface area contributed by atoms with E-state index in [1.54, 1.807) is 73.0 Å². The van der Waals surface area contributed by atoms with Gasteiger partial charge in [-0.15, -0.1) is 0 Å². The molecule has 7 rings (SSSR count). The van der Waals surface area contributed by atoms with E-state index in [9.17, 15) is 15.4 Å². The predicted molar refractivity (Wildman–Crippen MR) is 299 cm³/mol. The van der Waals surface area contributed by atoms with Crippen molar-refractivity contribution >= 4 is 5.97 Å². The van der Waals surface area contributed by atoms with E-state index in [0.29, 0.717) is 24.8 Å². The predicted octanol–water partition coefficient (Wildman–Crippen LogP) is 3.38. The molecular formula is C58H95N3O25. The summed E-state index contributed by atoms with van der Waals surface area (Å²) in [7, 11) is 18.3. The maximum absolute atomic E-state index is 13.0. The van der Waals surface area contributed by atoms with E-state index in [-0.39, 0.29) is 33.0 Å². The Bertz CT molecular complexity index is 2230. The first-order valence-corrected chi connectivity index (χ1v) is 29.3. The molecule has 6 heterocycles. The Balaban J connectivity index is 1.14. The number of benzene rings is 1. The summed E-state index contributed by atoms with van der Waals surface area (Å²) in [4.78, 5) is 16.1. The van der Waals surface area contributed by atoms with Crippen LogP contribution in [0.25, 0.3) is 10.4 Å². The smallest absolute Gasteiger partial charge is 0.338 e. The molecule has 1 N–H and O–H groups in total. The van der Waals surface area contributed by atoms with Crippen LogP contribution in [-0.2, 0) is 109 Å². The lowest BCUT2D eigenvalue weighted by Crippen LogP contribution is -2.69. The van der Waals surface area contributed by atoms with Gasteiger partial charge < -0.3 is 114 Å². The van der Waals surface area contributed by atoms with Crippen LogP contribution in [0.2, 0.25) is 0 Å². The molecule has 12 unspecified atom stereocenters. The van der Waals surface area contributed by atoms with Gasteiger partial charge in [-0.05, 0) is 44.4 Å². The van der Waals surface area contributed by atoms with Crippen LogP contribution >= 0.6 is 0 Å². The standard InChI is InChI=1S/C58H95N3O25/c1-17-24-58(4,86-56-50(75-16)46(71-12)41(35(82-56)27-66-7)84-54-48(73-14)44(69-10)39(62)33(80-54)29-76-51(63)30-22-20-19-21-23-30)37-31(25-64-5)79-53(47(72-13)43(37)68-9)83-40-34(26-65-6)81-55(49(74-15)45(40)70-11)85-57(3,18-2)36-32-28-77-52(78-32)38(60-61-59)42(36)67-8/h19-23,31-50,52-56,62H,17-18,24-29H2,1-16H3/t31-,32?,33?,34-,35?,36-,37+,38-,39+,40+,41+,42?,43?,44?,45?,46?,47?,48-,49?,50-,52+,53+,54-,55-,56-,57?,58?/m0/s1. The number of aliphatic hydroxyl groups is 1. The van der Waals surface area contributed by atoms with E-state index in [1.807, 2.05) is 27.7 Å². The van der Waals surface area contributed by atoms with Crippen LogP contribution in [0, 0.1) is 11.8 Å². The SMILES string of the molecule is CCCC(C)(O[C@@H]1OC(COC)[C@@H](O[C@@H]2OC(COC(=O)c3ccccc3)[C@@H](O)C(OC)[C@@H]2OC)C(OC)[C@@H]1OC)[C@H]1C(OC)C(OC)[C@@H](O[C@H]2C(OC)C(OC)[C@H](OC(C)(CC)[C@H]3C4CO[C@H](O4)[C@@H](N=[N+]=[N-])C3OC)O[C@H]2COC)O[C@H]1COC. The summed E-state index contributed by atoms with van der Waals surface area (Å²) < 4.78 is 146. The lowest BCUT2D eigenvalue weighted by atomic mass is 9.74. The lowest BCUT2D eigenvalue weighted by Gasteiger charge is -2.55. The van der Waals surface area contributed by atoms with Gasteiger partial charge in [0.05, 0.1) is 67.6 Å². The van der Waals surface area contributed by atoms with Crippen LogP contribution < -0.4 is 0 Å². The minimum atomic E-state index is -1.29. The quantitative estimate of drug-likeness (QED) is 0.0468. The summed E-state index contributed by atoms with van der Waals surface area (Å²) in [5, 5.41) is 15.5. The molecule has 28 heteroatoms. The molecule has 0 amide bonds. The lowest BCUT2D eigenvalue weighted by molar-refractivity contribution is -0.395. The van der Waals surface area contributed by atoms with Crippen molar-refractivity contribution in [2.75, 3.05) is 118 Å². The monoisotopic (exact) mass is 1230 g/mol. The summed E-state index contributed by atoms with van der Waals surface area (Å²) in [6.45, 7) is 7.89. The van der Waals surface area contributed by atoms with Crippen molar-refractivity contribution in [2.45, 2.75) is 199 Å². The van der Waals surface area contributed by atoms with Gasteiger partial charge in [-0.3, -0.25) is 0 Å². The molecule has 492 valence electrons. The number of fused-ring (bicyclic) bond motifs is 2. The van der Waals surface area contributed by atoms with Gasteiger partial charge in [0.25, 0.3) is 0 Å². The summed E-state index contributed by atoms with van der Waals surface area (Å²) in [5.74, 6) is -1.73. The van der Waals surface area contributed by atoms with E-state index in [4.69, 9.17) is 109 Å². The summed E-state index contributed by atoms with van der Waals surface area (Å²) in [6, 6.07) is 7.68. The van der Waals surface area contributed by atoms with Gasteiger partial charge in [0.1, 0.15) is 92.0 Å². The van der Waals surface area contributed by atoms with E-state index in [1.165, 1.54) is 42.7 Å². The summed E-state index contributed by atoms with van der Waals surface area (Å²) >= 11 is 0. The third-order valence-electron chi connectivity index (χ3n) is 17.8. The van der Waals surface area contributed by atoms with Gasteiger partial charge in [0, 0.05) is 102 Å². The van der Waals surface area contributed by atoms with Crippen molar-refractivity contribution in [3.63, 3.8) is 0 Å². The third-order valence-corrected chi connectivity index (χ3v) is 17.8.